The Morgan fingerprint density at radius 2 is 1.68 bits per heavy atom. The predicted octanol–water partition coefficient (Wildman–Crippen LogP) is 0.120. The van der Waals surface area contributed by atoms with Crippen molar-refractivity contribution in [3.63, 3.8) is 0 Å². The van der Waals surface area contributed by atoms with E-state index in [1.807, 2.05) is 35.2 Å². The van der Waals surface area contributed by atoms with Crippen LogP contribution in [0.5, 0.6) is 0 Å². The van der Waals surface area contributed by atoms with Crippen molar-refractivity contribution in [3.05, 3.63) is 35.9 Å². The van der Waals surface area contributed by atoms with Crippen LogP contribution in [-0.2, 0) is 9.59 Å². The number of rotatable bonds is 4. The zero-order valence-electron chi connectivity index (χ0n) is 12.2. The van der Waals surface area contributed by atoms with Gasteiger partial charge in [0.2, 0.25) is 11.8 Å². The molecule has 118 valence electrons. The number of nitrogens with two attached hydrogens (primary N) is 2. The molecule has 1 atom stereocenters. The summed E-state index contributed by atoms with van der Waals surface area (Å²) in [5, 5.41) is 2.14. The number of urea groups is 1. The Hall–Kier alpha value is -2.41. The lowest BCUT2D eigenvalue weighted by atomic mass is 9.93. The van der Waals surface area contributed by atoms with Crippen molar-refractivity contribution >= 4 is 17.8 Å². The molecule has 22 heavy (non-hydrogen) atoms. The molecule has 1 heterocycles. The maximum atomic E-state index is 12.3. The molecule has 1 saturated heterocycles. The van der Waals surface area contributed by atoms with Gasteiger partial charge in [0, 0.05) is 5.92 Å². The van der Waals surface area contributed by atoms with Gasteiger partial charge < -0.3 is 11.5 Å². The van der Waals surface area contributed by atoms with Crippen molar-refractivity contribution < 1.29 is 14.4 Å². The molecular weight excluding hydrogens is 284 g/mol. The summed E-state index contributed by atoms with van der Waals surface area (Å²) in [5.74, 6) is -0.930. The van der Waals surface area contributed by atoms with E-state index in [1.165, 1.54) is 0 Å². The van der Waals surface area contributed by atoms with Crippen molar-refractivity contribution in [2.45, 2.75) is 18.9 Å². The number of likely N-dealkylation sites (tertiary alicyclic amines) is 1. The van der Waals surface area contributed by atoms with Crippen molar-refractivity contribution in [3.8, 4) is 0 Å². The molecule has 2 rings (SSSR count). The summed E-state index contributed by atoms with van der Waals surface area (Å²) < 4.78 is 0. The first-order valence-corrected chi connectivity index (χ1v) is 7.17. The highest BCUT2D eigenvalue weighted by Crippen LogP contribution is 2.27. The second-order valence-electron chi connectivity index (χ2n) is 5.38. The Bertz CT molecular complexity index is 553. The molecule has 7 nitrogen and oxygen atoms in total. The van der Waals surface area contributed by atoms with E-state index in [0.717, 1.165) is 5.56 Å². The van der Waals surface area contributed by atoms with Gasteiger partial charge in [-0.3, -0.25) is 19.8 Å². The van der Waals surface area contributed by atoms with Crippen LogP contribution in [0.4, 0.5) is 4.79 Å². The molecule has 0 saturated carbocycles. The van der Waals surface area contributed by atoms with Gasteiger partial charge in [0.1, 0.15) is 6.04 Å². The standard InChI is InChI=1S/C15H20N4O3/c16-13(20)11-6-8-19(9-7-11)12(14(21)18-15(17)22)10-4-2-1-3-5-10/h1-5,11-12H,6-9H2,(H2,16,20)(H3,17,18,21,22)/t12-/m0/s1. The minimum atomic E-state index is -0.877. The number of nitrogens with one attached hydrogen (secondary N) is 1. The van der Waals surface area contributed by atoms with Gasteiger partial charge in [-0.15, -0.1) is 0 Å². The third-order valence-electron chi connectivity index (χ3n) is 3.91. The average molecular weight is 304 g/mol. The molecule has 0 aliphatic carbocycles. The molecule has 1 aromatic carbocycles. The first-order chi connectivity index (χ1) is 10.5. The summed E-state index contributed by atoms with van der Waals surface area (Å²) >= 11 is 0. The van der Waals surface area contributed by atoms with E-state index < -0.39 is 18.0 Å². The summed E-state index contributed by atoms with van der Waals surface area (Å²) in [4.78, 5) is 36.5. The quantitative estimate of drug-likeness (QED) is 0.732. The molecule has 1 fully saturated rings. The fraction of sp³-hybridized carbons (Fsp3) is 0.400. The van der Waals surface area contributed by atoms with Crippen LogP contribution in [-0.4, -0.2) is 35.8 Å². The van der Waals surface area contributed by atoms with Crippen molar-refractivity contribution in [1.29, 1.82) is 0 Å². The smallest absolute Gasteiger partial charge is 0.318 e. The van der Waals surface area contributed by atoms with Crippen LogP contribution < -0.4 is 16.8 Å². The zero-order valence-corrected chi connectivity index (χ0v) is 12.2. The normalized spacial score (nSPS) is 17.6. The maximum absolute atomic E-state index is 12.3. The second kappa shape index (κ2) is 7.04. The number of nitrogens with zero attached hydrogens (tertiary/aromatic N) is 1. The van der Waals surface area contributed by atoms with Gasteiger partial charge >= 0.3 is 6.03 Å². The van der Waals surface area contributed by atoms with E-state index in [0.29, 0.717) is 25.9 Å². The minimum Gasteiger partial charge on any atom is -0.369 e. The highest BCUT2D eigenvalue weighted by molar-refractivity contribution is 5.96. The number of hydrogen-bond donors (Lipinski definition) is 3. The monoisotopic (exact) mass is 304 g/mol. The molecule has 1 aliphatic rings. The Morgan fingerprint density at radius 1 is 1.09 bits per heavy atom. The summed E-state index contributed by atoms with van der Waals surface area (Å²) in [5.41, 5.74) is 11.2. The van der Waals surface area contributed by atoms with E-state index in [-0.39, 0.29) is 11.8 Å². The van der Waals surface area contributed by atoms with Crippen molar-refractivity contribution in [2.24, 2.45) is 17.4 Å². The van der Waals surface area contributed by atoms with Gasteiger partial charge in [0.15, 0.2) is 0 Å². The molecule has 0 spiro atoms. The number of carbonyl (C=O) groups is 3. The van der Waals surface area contributed by atoms with Gasteiger partial charge in [-0.1, -0.05) is 30.3 Å². The number of benzene rings is 1. The van der Waals surface area contributed by atoms with Gasteiger partial charge in [-0.05, 0) is 31.5 Å². The zero-order chi connectivity index (χ0) is 16.1. The first kappa shape index (κ1) is 16.0. The maximum Gasteiger partial charge on any atom is 0.318 e. The number of hydrogen-bond acceptors (Lipinski definition) is 4. The highest BCUT2D eigenvalue weighted by atomic mass is 16.2. The SMILES string of the molecule is NC(=O)NC(=O)[C@H](c1ccccc1)N1CCC(C(N)=O)CC1. The van der Waals surface area contributed by atoms with E-state index >= 15 is 0 Å². The number of carbonyl (C=O) groups excluding carboxylic acids is 3. The van der Waals surface area contributed by atoms with E-state index in [9.17, 15) is 14.4 Å². The number of amides is 4. The van der Waals surface area contributed by atoms with E-state index in [4.69, 9.17) is 11.5 Å². The van der Waals surface area contributed by atoms with Crippen molar-refractivity contribution in [2.75, 3.05) is 13.1 Å². The lowest BCUT2D eigenvalue weighted by Crippen LogP contribution is -2.48. The van der Waals surface area contributed by atoms with Crippen LogP contribution in [0.3, 0.4) is 0 Å². The van der Waals surface area contributed by atoms with Crippen LogP contribution in [0, 0.1) is 5.92 Å². The Kier molecular flexibility index (Phi) is 5.11. The lowest BCUT2D eigenvalue weighted by Gasteiger charge is -2.35. The summed E-state index contributed by atoms with van der Waals surface area (Å²) in [7, 11) is 0. The first-order valence-electron chi connectivity index (χ1n) is 7.17. The minimum absolute atomic E-state index is 0.160. The fourth-order valence-electron chi connectivity index (χ4n) is 2.80. The van der Waals surface area contributed by atoms with Gasteiger partial charge in [0.25, 0.3) is 0 Å². The van der Waals surface area contributed by atoms with Crippen LogP contribution in [0.1, 0.15) is 24.4 Å². The predicted molar refractivity (Wildman–Crippen MR) is 80.4 cm³/mol. The van der Waals surface area contributed by atoms with Crippen LogP contribution >= 0.6 is 0 Å². The van der Waals surface area contributed by atoms with Crippen molar-refractivity contribution in [1.82, 2.24) is 10.2 Å². The van der Waals surface area contributed by atoms with E-state index in [1.54, 1.807) is 0 Å². The molecule has 0 bridgehead atoms. The molecule has 1 aromatic rings. The number of piperidine rings is 1. The molecular formula is C15H20N4O3. The van der Waals surface area contributed by atoms with E-state index in [2.05, 4.69) is 5.32 Å². The number of imide groups is 1. The third-order valence-corrected chi connectivity index (χ3v) is 3.91. The highest BCUT2D eigenvalue weighted by Gasteiger charge is 2.32. The Labute approximate surface area is 128 Å². The van der Waals surface area contributed by atoms with Crippen LogP contribution in [0.25, 0.3) is 0 Å². The van der Waals surface area contributed by atoms with Crippen LogP contribution in [0.2, 0.25) is 0 Å². The van der Waals surface area contributed by atoms with Gasteiger partial charge in [-0.25, -0.2) is 4.79 Å². The molecule has 1 aliphatic heterocycles. The molecule has 0 unspecified atom stereocenters. The lowest BCUT2D eigenvalue weighted by molar-refractivity contribution is -0.127. The van der Waals surface area contributed by atoms with Crippen LogP contribution in [0.15, 0.2) is 30.3 Å². The molecule has 4 amide bonds. The molecule has 5 N–H and O–H groups in total. The third kappa shape index (κ3) is 3.82. The van der Waals surface area contributed by atoms with Gasteiger partial charge in [-0.2, -0.15) is 0 Å². The molecule has 0 aromatic heterocycles. The number of primary amides is 2. The topological polar surface area (TPSA) is 119 Å². The molecule has 7 heteroatoms. The Morgan fingerprint density at radius 3 is 2.18 bits per heavy atom. The summed E-state index contributed by atoms with van der Waals surface area (Å²) in [6.45, 7) is 1.11. The largest absolute Gasteiger partial charge is 0.369 e. The molecule has 0 radical (unpaired) electrons. The average Bonchev–Trinajstić information content (AvgIpc) is 2.48. The van der Waals surface area contributed by atoms with Gasteiger partial charge in [0.05, 0.1) is 0 Å². The Balaban J connectivity index is 2.17. The summed E-state index contributed by atoms with van der Waals surface area (Å²) in [6, 6.07) is 7.68. The second-order valence-corrected chi connectivity index (χ2v) is 5.38. The fourth-order valence-corrected chi connectivity index (χ4v) is 2.80. The summed E-state index contributed by atoms with van der Waals surface area (Å²) in [6.07, 6.45) is 1.20.